The van der Waals surface area contributed by atoms with Gasteiger partial charge >= 0.3 is 6.09 Å². The van der Waals surface area contributed by atoms with Gasteiger partial charge < -0.3 is 19.4 Å². The molecule has 0 atom stereocenters. The van der Waals surface area contributed by atoms with Crippen LogP contribution in [0.5, 0.6) is 0 Å². The molecule has 0 N–H and O–H groups in total. The molecule has 0 spiro atoms. The summed E-state index contributed by atoms with van der Waals surface area (Å²) in [5, 5.41) is 0. The van der Waals surface area contributed by atoms with Gasteiger partial charge in [-0.15, -0.1) is 0 Å². The molecule has 0 aliphatic carbocycles. The lowest BCUT2D eigenvalue weighted by Gasteiger charge is -2.34. The van der Waals surface area contributed by atoms with Crippen LogP contribution in [0.2, 0.25) is 0 Å². The fourth-order valence-corrected chi connectivity index (χ4v) is 2.90. The molecule has 0 saturated carbocycles. The fraction of sp³-hybridized carbons (Fsp3) is 0.579. The molecule has 138 valence electrons. The SMILES string of the molecule is CCN(CC)CCC(=O)N1CCN(C(=O)OCc2ccccc2)CC1. The van der Waals surface area contributed by atoms with Gasteiger partial charge in [-0.1, -0.05) is 44.2 Å². The molecule has 1 heterocycles. The maximum Gasteiger partial charge on any atom is 0.410 e. The van der Waals surface area contributed by atoms with Gasteiger partial charge in [0.1, 0.15) is 6.61 Å². The molecule has 1 fully saturated rings. The van der Waals surface area contributed by atoms with Crippen molar-refractivity contribution in [3.63, 3.8) is 0 Å². The summed E-state index contributed by atoms with van der Waals surface area (Å²) in [5.74, 6) is 0.171. The number of nitrogens with zero attached hydrogens (tertiary/aromatic N) is 3. The van der Waals surface area contributed by atoms with Crippen molar-refractivity contribution in [3.8, 4) is 0 Å². The molecule has 1 aliphatic rings. The quantitative estimate of drug-likeness (QED) is 0.759. The van der Waals surface area contributed by atoms with E-state index in [1.165, 1.54) is 0 Å². The van der Waals surface area contributed by atoms with Crippen LogP contribution in [0, 0.1) is 0 Å². The lowest BCUT2D eigenvalue weighted by atomic mass is 10.2. The average Bonchev–Trinajstić information content (AvgIpc) is 2.67. The first-order valence-electron chi connectivity index (χ1n) is 9.09. The van der Waals surface area contributed by atoms with E-state index in [1.807, 2.05) is 35.2 Å². The molecule has 1 saturated heterocycles. The minimum atomic E-state index is -0.306. The number of ether oxygens (including phenoxy) is 1. The highest BCUT2D eigenvalue weighted by molar-refractivity contribution is 5.77. The van der Waals surface area contributed by atoms with Gasteiger partial charge in [-0.2, -0.15) is 0 Å². The van der Waals surface area contributed by atoms with Crippen LogP contribution in [0.3, 0.4) is 0 Å². The predicted octanol–water partition coefficient (Wildman–Crippen LogP) is 2.20. The number of hydrogen-bond donors (Lipinski definition) is 0. The molecule has 1 aliphatic heterocycles. The van der Waals surface area contributed by atoms with Gasteiger partial charge in [0.15, 0.2) is 0 Å². The number of carbonyl (C=O) groups excluding carboxylic acids is 2. The van der Waals surface area contributed by atoms with Crippen LogP contribution >= 0.6 is 0 Å². The molecule has 0 unspecified atom stereocenters. The summed E-state index contributed by atoms with van der Waals surface area (Å²) in [7, 11) is 0. The van der Waals surface area contributed by atoms with E-state index in [2.05, 4.69) is 18.7 Å². The Balaban J connectivity index is 1.69. The van der Waals surface area contributed by atoms with Crippen molar-refractivity contribution in [3.05, 3.63) is 35.9 Å². The molecular formula is C19H29N3O3. The Labute approximate surface area is 150 Å². The zero-order valence-electron chi connectivity index (χ0n) is 15.3. The smallest absolute Gasteiger partial charge is 0.410 e. The van der Waals surface area contributed by atoms with E-state index in [4.69, 9.17) is 4.74 Å². The van der Waals surface area contributed by atoms with Gasteiger partial charge in [0, 0.05) is 39.1 Å². The zero-order chi connectivity index (χ0) is 18.1. The number of carbonyl (C=O) groups is 2. The summed E-state index contributed by atoms with van der Waals surface area (Å²) in [4.78, 5) is 30.2. The van der Waals surface area contributed by atoms with E-state index in [1.54, 1.807) is 4.90 Å². The molecule has 0 aromatic heterocycles. The summed E-state index contributed by atoms with van der Waals surface area (Å²) < 4.78 is 5.35. The van der Waals surface area contributed by atoms with Crippen LogP contribution < -0.4 is 0 Å². The minimum absolute atomic E-state index is 0.171. The maximum atomic E-state index is 12.3. The van der Waals surface area contributed by atoms with Crippen molar-refractivity contribution in [2.45, 2.75) is 26.9 Å². The Morgan fingerprint density at radius 1 is 1.00 bits per heavy atom. The van der Waals surface area contributed by atoms with Crippen LogP contribution in [-0.4, -0.2) is 72.5 Å². The second-order valence-corrected chi connectivity index (χ2v) is 6.18. The number of rotatable bonds is 7. The van der Waals surface area contributed by atoms with Crippen LogP contribution in [0.1, 0.15) is 25.8 Å². The lowest BCUT2D eigenvalue weighted by Crippen LogP contribution is -2.51. The second kappa shape index (κ2) is 10.0. The number of amides is 2. The highest BCUT2D eigenvalue weighted by Crippen LogP contribution is 2.08. The monoisotopic (exact) mass is 347 g/mol. The predicted molar refractivity (Wildman–Crippen MR) is 97.2 cm³/mol. The fourth-order valence-electron chi connectivity index (χ4n) is 2.90. The van der Waals surface area contributed by atoms with Crippen molar-refractivity contribution < 1.29 is 14.3 Å². The van der Waals surface area contributed by atoms with Crippen molar-refractivity contribution in [2.24, 2.45) is 0 Å². The molecule has 2 rings (SSSR count). The largest absolute Gasteiger partial charge is 0.445 e. The highest BCUT2D eigenvalue weighted by atomic mass is 16.6. The van der Waals surface area contributed by atoms with E-state index in [0.717, 1.165) is 25.2 Å². The lowest BCUT2D eigenvalue weighted by molar-refractivity contribution is -0.133. The van der Waals surface area contributed by atoms with Crippen LogP contribution in [-0.2, 0) is 16.1 Å². The third-order valence-corrected chi connectivity index (χ3v) is 4.63. The van der Waals surface area contributed by atoms with Gasteiger partial charge in [0.25, 0.3) is 0 Å². The molecular weight excluding hydrogens is 318 g/mol. The van der Waals surface area contributed by atoms with Crippen molar-refractivity contribution >= 4 is 12.0 Å². The first-order valence-corrected chi connectivity index (χ1v) is 9.09. The van der Waals surface area contributed by atoms with Crippen molar-refractivity contribution in [1.82, 2.24) is 14.7 Å². The first-order chi connectivity index (χ1) is 12.1. The Bertz CT molecular complexity index is 538. The van der Waals surface area contributed by atoms with E-state index >= 15 is 0 Å². The molecule has 1 aromatic rings. The van der Waals surface area contributed by atoms with Gasteiger partial charge in [-0.05, 0) is 18.7 Å². The standard InChI is InChI=1S/C19H29N3O3/c1-3-20(4-2)11-10-18(23)21-12-14-22(15-13-21)19(24)25-16-17-8-6-5-7-9-17/h5-9H,3-4,10-16H2,1-2H3. The van der Waals surface area contributed by atoms with Gasteiger partial charge in [-0.3, -0.25) is 4.79 Å². The Morgan fingerprint density at radius 3 is 2.20 bits per heavy atom. The summed E-state index contributed by atoms with van der Waals surface area (Å²) in [6.07, 6.45) is 0.235. The molecule has 6 heteroatoms. The maximum absolute atomic E-state index is 12.3. The Hall–Kier alpha value is -2.08. The second-order valence-electron chi connectivity index (χ2n) is 6.18. The molecule has 6 nitrogen and oxygen atoms in total. The van der Waals surface area contributed by atoms with E-state index in [0.29, 0.717) is 32.6 Å². The summed E-state index contributed by atoms with van der Waals surface area (Å²) in [5.41, 5.74) is 0.973. The van der Waals surface area contributed by atoms with Crippen LogP contribution in [0.15, 0.2) is 30.3 Å². The van der Waals surface area contributed by atoms with Crippen LogP contribution in [0.4, 0.5) is 4.79 Å². The number of piperazine rings is 1. The third-order valence-electron chi connectivity index (χ3n) is 4.63. The van der Waals surface area contributed by atoms with E-state index in [9.17, 15) is 9.59 Å². The average molecular weight is 347 g/mol. The topological polar surface area (TPSA) is 53.1 Å². The zero-order valence-corrected chi connectivity index (χ0v) is 15.3. The molecule has 2 amide bonds. The molecule has 1 aromatic carbocycles. The van der Waals surface area contributed by atoms with Crippen molar-refractivity contribution in [1.29, 1.82) is 0 Å². The molecule has 0 bridgehead atoms. The summed E-state index contributed by atoms with van der Waals surface area (Å²) >= 11 is 0. The van der Waals surface area contributed by atoms with Gasteiger partial charge in [0.2, 0.25) is 5.91 Å². The third kappa shape index (κ3) is 6.05. The van der Waals surface area contributed by atoms with Gasteiger partial charge in [-0.25, -0.2) is 4.79 Å². The van der Waals surface area contributed by atoms with Crippen LogP contribution in [0.25, 0.3) is 0 Å². The van der Waals surface area contributed by atoms with E-state index in [-0.39, 0.29) is 18.6 Å². The summed E-state index contributed by atoms with van der Waals surface area (Å²) in [6.45, 7) is 9.44. The molecule has 0 radical (unpaired) electrons. The van der Waals surface area contributed by atoms with Crippen molar-refractivity contribution in [2.75, 3.05) is 45.8 Å². The highest BCUT2D eigenvalue weighted by Gasteiger charge is 2.24. The number of benzene rings is 1. The Kier molecular flexibility index (Phi) is 7.73. The van der Waals surface area contributed by atoms with Gasteiger partial charge in [0.05, 0.1) is 0 Å². The minimum Gasteiger partial charge on any atom is -0.445 e. The van der Waals surface area contributed by atoms with E-state index < -0.39 is 0 Å². The Morgan fingerprint density at radius 2 is 1.60 bits per heavy atom. The first kappa shape index (κ1) is 19.2. The summed E-state index contributed by atoms with van der Waals surface area (Å²) in [6, 6.07) is 9.64. The number of hydrogen-bond acceptors (Lipinski definition) is 4. The molecule has 25 heavy (non-hydrogen) atoms. The normalized spacial score (nSPS) is 14.7.